The summed E-state index contributed by atoms with van der Waals surface area (Å²) in [4.78, 5) is 1.22. The van der Waals surface area contributed by atoms with Gasteiger partial charge in [-0.15, -0.1) is 0 Å². The molecule has 0 heterocycles. The van der Waals surface area contributed by atoms with Crippen LogP contribution < -0.4 is 0 Å². The van der Waals surface area contributed by atoms with E-state index in [9.17, 15) is 0 Å². The van der Waals surface area contributed by atoms with Crippen LogP contribution in [0.1, 0.15) is 0 Å². The van der Waals surface area contributed by atoms with E-state index in [1.165, 1.54) is 4.95 Å². The van der Waals surface area contributed by atoms with Crippen LogP contribution in [0.4, 0.5) is 0 Å². The van der Waals surface area contributed by atoms with Crippen LogP contribution in [0.2, 0.25) is 45.8 Å². The first-order valence-corrected chi connectivity index (χ1v) is 12.9. The molecule has 0 nitrogen and oxygen atoms in total. The van der Waals surface area contributed by atoms with Gasteiger partial charge in [-0.1, -0.05) is 61.8 Å². The van der Waals surface area contributed by atoms with E-state index >= 15 is 0 Å². The highest BCUT2D eigenvalue weighted by atomic mass is 79.9. The van der Waals surface area contributed by atoms with Gasteiger partial charge in [-0.05, 0) is 4.95 Å². The fraction of sp³-hybridized carbons (Fsp3) is 1.00. The monoisotopic (exact) mass is 254 g/mol. The Kier molecular flexibility index (Phi) is 7.27. The summed E-state index contributed by atoms with van der Waals surface area (Å²) in [6, 6.07) is 0. The zero-order valence-corrected chi connectivity index (χ0v) is 12.7. The third-order valence-electron chi connectivity index (χ3n) is 0.401. The molecule has 0 unspecified atom stereocenters. The summed E-state index contributed by atoms with van der Waals surface area (Å²) in [6.07, 6.45) is 0. The Balaban J connectivity index is 0. The van der Waals surface area contributed by atoms with E-state index in [0.717, 1.165) is 0 Å². The van der Waals surface area contributed by atoms with Crippen LogP contribution in [0.25, 0.3) is 0 Å². The highest BCUT2D eigenvalue weighted by Crippen LogP contribution is 2.02. The maximum Gasteiger partial charge on any atom is 0.0557 e. The summed E-state index contributed by atoms with van der Waals surface area (Å²) in [5.74, 6) is 0. The molecule has 0 N–H and O–H groups in total. The number of hydrogen-bond donors (Lipinski definition) is 0. The first-order valence-electron chi connectivity index (χ1n) is 4.12. The second-order valence-electron chi connectivity index (χ2n) is 5.69. The molecule has 0 fully saturated rings. The van der Waals surface area contributed by atoms with Crippen LogP contribution in [0.5, 0.6) is 0 Å². The van der Waals surface area contributed by atoms with E-state index in [1.54, 1.807) is 0 Å². The zero-order valence-electron chi connectivity index (χ0n) is 9.09. The summed E-state index contributed by atoms with van der Waals surface area (Å²) >= 11 is 3.43. The molecule has 0 bridgehead atoms. The molecule has 0 atom stereocenters. The lowest BCUT2D eigenvalue weighted by molar-refractivity contribution is 1.69. The van der Waals surface area contributed by atoms with E-state index < -0.39 is 16.1 Å². The maximum absolute atomic E-state index is 3.43. The van der Waals surface area contributed by atoms with Crippen molar-refractivity contribution in [2.24, 2.45) is 0 Å². The Hall–Kier alpha value is 0.914. The van der Waals surface area contributed by atoms with Gasteiger partial charge in [0.25, 0.3) is 0 Å². The Labute approximate surface area is 82.9 Å². The van der Waals surface area contributed by atoms with E-state index in [4.69, 9.17) is 0 Å². The largest absolute Gasteiger partial charge is 0.0962 e. The highest BCUT2D eigenvalue weighted by molar-refractivity contribution is 9.09. The van der Waals surface area contributed by atoms with Crippen molar-refractivity contribution in [3.8, 4) is 0 Å². The van der Waals surface area contributed by atoms with Crippen LogP contribution in [-0.2, 0) is 0 Å². The summed E-state index contributed by atoms with van der Waals surface area (Å²) in [5.41, 5.74) is 0. The van der Waals surface area contributed by atoms with Crippen LogP contribution >= 0.6 is 15.9 Å². The Morgan fingerprint density at radius 1 is 0.818 bits per heavy atom. The van der Waals surface area contributed by atoms with Crippen LogP contribution in [0.3, 0.4) is 0 Å². The molecule has 0 aliphatic rings. The first-order chi connectivity index (χ1) is 4.56. The van der Waals surface area contributed by atoms with Crippen LogP contribution in [-0.4, -0.2) is 21.1 Å². The standard InChI is InChI=1S/C4H11BrSi.C4H12Si/c1-6(2,3)4-5;1-5(2,3)4/h4H2,1-3H3;1-4H3. The summed E-state index contributed by atoms with van der Waals surface area (Å²) < 4.78 is 0. The number of alkyl halides is 1. The predicted octanol–water partition coefficient (Wildman–Crippen LogP) is 4.21. The quantitative estimate of drug-likeness (QED) is 0.486. The molecule has 0 radical (unpaired) electrons. The molecular formula is C8H23BrSi2. The predicted molar refractivity (Wildman–Crippen MR) is 66.4 cm³/mol. The molecule has 0 aromatic carbocycles. The third-order valence-corrected chi connectivity index (χ3v) is 6.25. The third kappa shape index (κ3) is 56.6. The molecular weight excluding hydrogens is 232 g/mol. The summed E-state index contributed by atoms with van der Waals surface area (Å²) in [5, 5.41) is 0. The highest BCUT2D eigenvalue weighted by Gasteiger charge is 2.08. The molecule has 0 aliphatic carbocycles. The van der Waals surface area contributed by atoms with Gasteiger partial charge < -0.3 is 0 Å². The summed E-state index contributed by atoms with van der Waals surface area (Å²) in [7, 11) is -1.33. The fourth-order valence-corrected chi connectivity index (χ4v) is 0. The average molecular weight is 255 g/mol. The van der Waals surface area contributed by atoms with Gasteiger partial charge in [0.1, 0.15) is 0 Å². The second-order valence-corrected chi connectivity index (χ2v) is 18.8. The first kappa shape index (κ1) is 14.4. The van der Waals surface area contributed by atoms with Crippen molar-refractivity contribution < 1.29 is 0 Å². The Morgan fingerprint density at radius 2 is 0.909 bits per heavy atom. The SMILES string of the molecule is C[Si](C)(C)C.C[Si](C)(C)CBr. The minimum Gasteiger partial charge on any atom is -0.0962 e. The second kappa shape index (κ2) is 5.54. The number of halogens is 1. The van der Waals surface area contributed by atoms with Gasteiger partial charge in [-0.3, -0.25) is 0 Å². The van der Waals surface area contributed by atoms with Crippen molar-refractivity contribution in [3.63, 3.8) is 0 Å². The molecule has 3 heteroatoms. The minimum atomic E-state index is -0.715. The van der Waals surface area contributed by atoms with Crippen molar-refractivity contribution in [1.29, 1.82) is 0 Å². The molecule has 11 heavy (non-hydrogen) atoms. The van der Waals surface area contributed by atoms with Crippen molar-refractivity contribution in [1.82, 2.24) is 0 Å². The smallest absolute Gasteiger partial charge is 0.0557 e. The van der Waals surface area contributed by atoms with Crippen LogP contribution in [0, 0.1) is 0 Å². The average Bonchev–Trinajstić information content (AvgIpc) is 1.59. The fourth-order valence-electron chi connectivity index (χ4n) is 0. The molecule has 0 rings (SSSR count). The number of rotatable bonds is 1. The molecule has 0 spiro atoms. The molecule has 0 saturated carbocycles. The maximum atomic E-state index is 3.43. The van der Waals surface area contributed by atoms with E-state index in [-0.39, 0.29) is 0 Å². The van der Waals surface area contributed by atoms with Gasteiger partial charge in [-0.2, -0.15) is 0 Å². The van der Waals surface area contributed by atoms with E-state index in [0.29, 0.717) is 0 Å². The van der Waals surface area contributed by atoms with Gasteiger partial charge in [-0.25, -0.2) is 0 Å². The van der Waals surface area contributed by atoms with Gasteiger partial charge in [0.05, 0.1) is 8.07 Å². The van der Waals surface area contributed by atoms with Crippen molar-refractivity contribution in [2.75, 3.05) is 4.95 Å². The van der Waals surface area contributed by atoms with Gasteiger partial charge in [0.15, 0.2) is 0 Å². The lowest BCUT2D eigenvalue weighted by Gasteiger charge is -2.07. The molecule has 0 saturated heterocycles. The Morgan fingerprint density at radius 3 is 0.909 bits per heavy atom. The van der Waals surface area contributed by atoms with Gasteiger partial charge in [0, 0.05) is 8.07 Å². The van der Waals surface area contributed by atoms with E-state index in [1.807, 2.05) is 0 Å². The van der Waals surface area contributed by atoms with E-state index in [2.05, 4.69) is 61.8 Å². The normalized spacial score (nSPS) is 12.0. The van der Waals surface area contributed by atoms with Crippen LogP contribution in [0.15, 0.2) is 0 Å². The lowest BCUT2D eigenvalue weighted by Crippen LogP contribution is -2.21. The van der Waals surface area contributed by atoms with Gasteiger partial charge >= 0.3 is 0 Å². The minimum absolute atomic E-state index is 0.611. The molecule has 0 aromatic heterocycles. The van der Waals surface area contributed by atoms with Gasteiger partial charge in [0.2, 0.25) is 0 Å². The molecule has 0 aliphatic heterocycles. The van der Waals surface area contributed by atoms with Crippen molar-refractivity contribution >= 4 is 32.1 Å². The molecule has 0 amide bonds. The molecule has 0 aromatic rings. The topological polar surface area (TPSA) is 0 Å². The summed E-state index contributed by atoms with van der Waals surface area (Å²) in [6.45, 7) is 16.3. The van der Waals surface area contributed by atoms with Crippen molar-refractivity contribution in [2.45, 2.75) is 45.8 Å². The Bertz CT molecular complexity index is 83.2. The molecule has 70 valence electrons. The lowest BCUT2D eigenvalue weighted by atomic mass is 11.8. The van der Waals surface area contributed by atoms with Crippen molar-refractivity contribution in [3.05, 3.63) is 0 Å². The number of hydrogen-bond acceptors (Lipinski definition) is 0. The zero-order chi connectivity index (χ0) is 9.71.